The van der Waals surface area contributed by atoms with Gasteiger partial charge in [0, 0.05) is 51.0 Å². The summed E-state index contributed by atoms with van der Waals surface area (Å²) >= 11 is 0. The number of nitrogens with two attached hydrogens (primary N) is 1. The van der Waals surface area contributed by atoms with Crippen LogP contribution in [0.3, 0.4) is 0 Å². The van der Waals surface area contributed by atoms with Crippen molar-refractivity contribution in [2.24, 2.45) is 5.73 Å². The minimum absolute atomic E-state index is 0.127. The van der Waals surface area contributed by atoms with Gasteiger partial charge in [0.1, 0.15) is 0 Å². The number of likely N-dealkylation sites (N-methyl/N-ethyl adjacent to an activating group) is 1. The number of nitriles is 1. The van der Waals surface area contributed by atoms with Gasteiger partial charge in [-0.25, -0.2) is 0 Å². The zero-order valence-corrected chi connectivity index (χ0v) is 17.9. The van der Waals surface area contributed by atoms with Crippen LogP contribution in [0.2, 0.25) is 0 Å². The number of halogens is 3. The van der Waals surface area contributed by atoms with Gasteiger partial charge in [-0.15, -0.1) is 0 Å². The van der Waals surface area contributed by atoms with E-state index >= 15 is 0 Å². The number of hydrogen-bond acceptors (Lipinski definition) is 5. The van der Waals surface area contributed by atoms with E-state index in [0.29, 0.717) is 25.2 Å². The number of hydrogen-bond donors (Lipinski definition) is 1. The second-order valence-corrected chi connectivity index (χ2v) is 8.20. The fourth-order valence-electron chi connectivity index (χ4n) is 3.85. The van der Waals surface area contributed by atoms with Gasteiger partial charge in [-0.05, 0) is 55.6 Å². The van der Waals surface area contributed by atoms with Gasteiger partial charge in [0.25, 0.3) is 0 Å². The normalized spacial score (nSPS) is 16.4. The van der Waals surface area contributed by atoms with Crippen molar-refractivity contribution in [1.82, 2.24) is 9.80 Å². The van der Waals surface area contributed by atoms with Crippen molar-refractivity contribution in [2.45, 2.75) is 18.8 Å². The number of anilines is 1. The van der Waals surface area contributed by atoms with Crippen LogP contribution in [0.15, 0.2) is 42.5 Å². The molecule has 1 fully saturated rings. The molecule has 5 nitrogen and oxygen atoms in total. The van der Waals surface area contributed by atoms with Crippen molar-refractivity contribution in [3.63, 3.8) is 0 Å². The van der Waals surface area contributed by atoms with Gasteiger partial charge < -0.3 is 15.5 Å². The lowest BCUT2D eigenvalue weighted by Gasteiger charge is -2.36. The number of nitrogens with zero attached hydrogens (tertiary/aromatic N) is 4. The quantitative estimate of drug-likeness (QED) is 0.759. The molecule has 0 radical (unpaired) electrons. The lowest BCUT2D eigenvalue weighted by atomic mass is 9.99. The van der Waals surface area contributed by atoms with Gasteiger partial charge in [-0.3, -0.25) is 4.90 Å². The Hall–Kier alpha value is -2.60. The highest BCUT2D eigenvalue weighted by molar-refractivity contribution is 5.48. The van der Waals surface area contributed by atoms with Crippen LogP contribution in [0.1, 0.15) is 28.3 Å². The average molecular weight is 432 g/mol. The van der Waals surface area contributed by atoms with E-state index in [4.69, 9.17) is 5.73 Å². The van der Waals surface area contributed by atoms with Crippen LogP contribution >= 0.6 is 0 Å². The molecule has 1 aliphatic rings. The molecule has 1 aliphatic heterocycles. The highest BCUT2D eigenvalue weighted by Crippen LogP contribution is 2.30. The molecule has 2 N–H and O–H groups in total. The molecule has 1 atom stereocenters. The van der Waals surface area contributed by atoms with Gasteiger partial charge in [-0.1, -0.05) is 12.1 Å². The second kappa shape index (κ2) is 9.69. The molecule has 2 aromatic carbocycles. The zero-order chi connectivity index (χ0) is 22.6. The number of piperazine rings is 1. The molecule has 0 aromatic heterocycles. The zero-order valence-electron chi connectivity index (χ0n) is 17.9. The van der Waals surface area contributed by atoms with Crippen LogP contribution in [-0.4, -0.2) is 56.6 Å². The molecule has 0 saturated carbocycles. The lowest BCUT2D eigenvalue weighted by Crippen LogP contribution is -2.46. The summed E-state index contributed by atoms with van der Waals surface area (Å²) in [4.78, 5) is 6.38. The predicted octanol–water partition coefficient (Wildman–Crippen LogP) is 3.46. The second-order valence-electron chi connectivity index (χ2n) is 8.20. The first-order valence-electron chi connectivity index (χ1n) is 10.2. The topological polar surface area (TPSA) is 59.5 Å². The van der Waals surface area contributed by atoms with Gasteiger partial charge in [0.2, 0.25) is 0 Å². The summed E-state index contributed by atoms with van der Waals surface area (Å²) in [7, 11) is 3.95. The third kappa shape index (κ3) is 5.97. The fourth-order valence-corrected chi connectivity index (χ4v) is 3.85. The Morgan fingerprint density at radius 3 is 2.26 bits per heavy atom. The van der Waals surface area contributed by atoms with Gasteiger partial charge in [-0.2, -0.15) is 18.4 Å². The molecular weight excluding hydrogens is 403 g/mol. The Morgan fingerprint density at radius 2 is 1.71 bits per heavy atom. The Bertz CT molecular complexity index is 910. The number of rotatable bonds is 6. The van der Waals surface area contributed by atoms with Crippen molar-refractivity contribution in [2.75, 3.05) is 51.7 Å². The van der Waals surface area contributed by atoms with E-state index in [1.165, 1.54) is 12.1 Å². The van der Waals surface area contributed by atoms with Crippen molar-refractivity contribution in [3.8, 4) is 6.07 Å². The van der Waals surface area contributed by atoms with Crippen molar-refractivity contribution in [1.29, 1.82) is 5.26 Å². The maximum absolute atomic E-state index is 12.8. The third-order valence-corrected chi connectivity index (χ3v) is 5.57. The molecule has 166 valence electrons. The maximum atomic E-state index is 12.8. The van der Waals surface area contributed by atoms with Crippen molar-refractivity contribution < 1.29 is 13.2 Å². The standard InChI is InChI=1S/C23H28F3N5/c1-29(2)16-22(28)17-3-4-18(14-27)19(13-17)15-30-9-11-31(12-10-30)21-7-5-20(6-8-21)23(24,25)26/h3-8,13,22H,9-12,15-16,28H2,1-2H3. The van der Waals surface area contributed by atoms with E-state index in [0.717, 1.165) is 48.6 Å². The Labute approximate surface area is 181 Å². The molecular formula is C23H28F3N5. The Kier molecular flexibility index (Phi) is 7.21. The van der Waals surface area contributed by atoms with E-state index in [2.05, 4.69) is 15.9 Å². The van der Waals surface area contributed by atoms with E-state index < -0.39 is 11.7 Å². The number of benzene rings is 2. The Morgan fingerprint density at radius 1 is 1.06 bits per heavy atom. The first kappa shape index (κ1) is 23.1. The highest BCUT2D eigenvalue weighted by atomic mass is 19.4. The summed E-state index contributed by atoms with van der Waals surface area (Å²) in [5, 5.41) is 9.50. The van der Waals surface area contributed by atoms with Crippen LogP contribution in [0.25, 0.3) is 0 Å². The van der Waals surface area contributed by atoms with Crippen LogP contribution in [0.5, 0.6) is 0 Å². The Balaban J connectivity index is 1.63. The molecule has 1 saturated heterocycles. The molecule has 0 spiro atoms. The SMILES string of the molecule is CN(C)CC(N)c1ccc(C#N)c(CN2CCN(c3ccc(C(F)(F)F)cc3)CC2)c1. The van der Waals surface area contributed by atoms with Crippen LogP contribution in [-0.2, 0) is 12.7 Å². The summed E-state index contributed by atoms with van der Waals surface area (Å²) in [6.07, 6.45) is -4.32. The maximum Gasteiger partial charge on any atom is 0.416 e. The molecule has 31 heavy (non-hydrogen) atoms. The summed E-state index contributed by atoms with van der Waals surface area (Å²) < 4.78 is 38.3. The van der Waals surface area contributed by atoms with Crippen LogP contribution < -0.4 is 10.6 Å². The summed E-state index contributed by atoms with van der Waals surface area (Å²) in [6, 6.07) is 13.2. The largest absolute Gasteiger partial charge is 0.416 e. The molecule has 1 heterocycles. The highest BCUT2D eigenvalue weighted by Gasteiger charge is 2.30. The number of alkyl halides is 3. The molecule has 0 amide bonds. The summed E-state index contributed by atoms with van der Waals surface area (Å²) in [5.74, 6) is 0. The monoisotopic (exact) mass is 431 g/mol. The van der Waals surface area contributed by atoms with E-state index in [1.807, 2.05) is 37.2 Å². The van der Waals surface area contributed by atoms with Gasteiger partial charge >= 0.3 is 6.18 Å². The predicted molar refractivity (Wildman–Crippen MR) is 116 cm³/mol. The minimum Gasteiger partial charge on any atom is -0.369 e. The van der Waals surface area contributed by atoms with Crippen molar-refractivity contribution in [3.05, 3.63) is 64.7 Å². The molecule has 0 bridgehead atoms. The molecule has 1 unspecified atom stereocenters. The van der Waals surface area contributed by atoms with E-state index in [9.17, 15) is 18.4 Å². The van der Waals surface area contributed by atoms with Gasteiger partial charge in [0.15, 0.2) is 0 Å². The first-order valence-corrected chi connectivity index (χ1v) is 10.2. The van der Waals surface area contributed by atoms with Crippen LogP contribution in [0.4, 0.5) is 18.9 Å². The fraction of sp³-hybridized carbons (Fsp3) is 0.435. The third-order valence-electron chi connectivity index (χ3n) is 5.57. The first-order chi connectivity index (χ1) is 14.7. The minimum atomic E-state index is -4.32. The van der Waals surface area contributed by atoms with E-state index in [-0.39, 0.29) is 6.04 Å². The summed E-state index contributed by atoms with van der Waals surface area (Å²) in [5.41, 5.74) is 9.06. The molecule has 3 rings (SSSR count). The van der Waals surface area contributed by atoms with Gasteiger partial charge in [0.05, 0.1) is 17.2 Å². The van der Waals surface area contributed by atoms with Crippen LogP contribution in [0, 0.1) is 11.3 Å². The van der Waals surface area contributed by atoms with E-state index in [1.54, 1.807) is 0 Å². The molecule has 0 aliphatic carbocycles. The lowest BCUT2D eigenvalue weighted by molar-refractivity contribution is -0.137. The summed E-state index contributed by atoms with van der Waals surface area (Å²) in [6.45, 7) is 4.32. The molecule has 2 aromatic rings. The van der Waals surface area contributed by atoms with Crippen molar-refractivity contribution >= 4 is 5.69 Å². The molecule has 8 heteroatoms. The smallest absolute Gasteiger partial charge is 0.369 e. The average Bonchev–Trinajstić information content (AvgIpc) is 2.73.